The Morgan fingerprint density at radius 1 is 1.41 bits per heavy atom. The van der Waals surface area contributed by atoms with Gasteiger partial charge in [-0.15, -0.1) is 0 Å². The number of rotatable bonds is 5. The van der Waals surface area contributed by atoms with Gasteiger partial charge in [-0.1, -0.05) is 29.8 Å². The van der Waals surface area contributed by atoms with Crippen LogP contribution in [0.3, 0.4) is 0 Å². The topological polar surface area (TPSA) is 69.6 Å². The molecule has 0 bridgehead atoms. The zero-order valence-electron chi connectivity index (χ0n) is 10.4. The molecule has 0 aliphatic rings. The first-order chi connectivity index (χ1) is 7.83. The average Bonchev–Trinajstić information content (AvgIpc) is 2.27. The third kappa shape index (κ3) is 3.84. The second-order valence-corrected chi connectivity index (χ2v) is 4.59. The molecule has 2 unspecified atom stereocenters. The molecule has 1 rings (SSSR count). The van der Waals surface area contributed by atoms with E-state index in [-0.39, 0.29) is 12.6 Å². The van der Waals surface area contributed by atoms with Crippen LogP contribution in [-0.4, -0.2) is 28.3 Å². The van der Waals surface area contributed by atoms with Crippen LogP contribution in [0.25, 0.3) is 0 Å². The molecule has 0 fully saturated rings. The normalized spacial score (nSPS) is 16.2. The molecule has 17 heavy (non-hydrogen) atoms. The van der Waals surface area contributed by atoms with E-state index in [9.17, 15) is 9.90 Å². The van der Waals surface area contributed by atoms with Crippen LogP contribution in [-0.2, 0) is 4.79 Å². The molecule has 0 spiro atoms. The van der Waals surface area contributed by atoms with Gasteiger partial charge in [0, 0.05) is 12.6 Å². The maximum absolute atomic E-state index is 10.7. The van der Waals surface area contributed by atoms with Crippen LogP contribution in [0.5, 0.6) is 0 Å². The summed E-state index contributed by atoms with van der Waals surface area (Å²) in [6.07, 6.45) is 0. The fourth-order valence-corrected chi connectivity index (χ4v) is 1.40. The summed E-state index contributed by atoms with van der Waals surface area (Å²) >= 11 is 0. The van der Waals surface area contributed by atoms with Gasteiger partial charge in [-0.3, -0.25) is 0 Å². The first-order valence-corrected chi connectivity index (χ1v) is 5.58. The zero-order valence-corrected chi connectivity index (χ0v) is 10.4. The van der Waals surface area contributed by atoms with Gasteiger partial charge in [0.05, 0.1) is 0 Å². The van der Waals surface area contributed by atoms with Gasteiger partial charge in [-0.2, -0.15) is 0 Å². The van der Waals surface area contributed by atoms with Crippen LogP contribution < -0.4 is 5.32 Å². The quantitative estimate of drug-likeness (QED) is 0.725. The van der Waals surface area contributed by atoms with Crippen molar-refractivity contribution in [2.75, 3.05) is 6.54 Å². The SMILES string of the molecule is Cc1ccc(C(C)NCC(C)(O)C(=O)O)cc1. The molecule has 1 aromatic carbocycles. The van der Waals surface area contributed by atoms with Gasteiger partial charge in [0.2, 0.25) is 0 Å². The van der Waals surface area contributed by atoms with Crippen LogP contribution in [0, 0.1) is 6.92 Å². The molecule has 3 N–H and O–H groups in total. The smallest absolute Gasteiger partial charge is 0.336 e. The molecule has 94 valence electrons. The van der Waals surface area contributed by atoms with Crippen LogP contribution in [0.4, 0.5) is 0 Å². The van der Waals surface area contributed by atoms with Gasteiger partial charge in [0.15, 0.2) is 5.60 Å². The molecule has 0 heterocycles. The van der Waals surface area contributed by atoms with E-state index in [0.717, 1.165) is 5.56 Å². The van der Waals surface area contributed by atoms with Crippen molar-refractivity contribution in [2.45, 2.75) is 32.4 Å². The largest absolute Gasteiger partial charge is 0.479 e. The zero-order chi connectivity index (χ0) is 13.1. The molecule has 0 aromatic heterocycles. The lowest BCUT2D eigenvalue weighted by Crippen LogP contribution is -2.45. The Bertz CT molecular complexity index is 384. The van der Waals surface area contributed by atoms with E-state index < -0.39 is 11.6 Å². The molecule has 0 aliphatic heterocycles. The molecule has 4 nitrogen and oxygen atoms in total. The number of benzene rings is 1. The summed E-state index contributed by atoms with van der Waals surface area (Å²) in [4.78, 5) is 10.7. The molecule has 1 aromatic rings. The predicted octanol–water partition coefficient (Wildman–Crippen LogP) is 1.48. The highest BCUT2D eigenvalue weighted by Crippen LogP contribution is 2.14. The molecule has 0 saturated heterocycles. The highest BCUT2D eigenvalue weighted by Gasteiger charge is 2.29. The molecule has 2 atom stereocenters. The molecular formula is C13H19NO3. The van der Waals surface area contributed by atoms with E-state index >= 15 is 0 Å². The Hall–Kier alpha value is -1.39. The number of aliphatic carboxylic acids is 1. The first-order valence-electron chi connectivity index (χ1n) is 5.58. The van der Waals surface area contributed by atoms with Gasteiger partial charge in [0.25, 0.3) is 0 Å². The van der Waals surface area contributed by atoms with Crippen molar-refractivity contribution in [3.63, 3.8) is 0 Å². The molecular weight excluding hydrogens is 218 g/mol. The number of carboxylic acids is 1. The maximum Gasteiger partial charge on any atom is 0.336 e. The van der Waals surface area contributed by atoms with Gasteiger partial charge >= 0.3 is 5.97 Å². The molecule has 0 radical (unpaired) electrons. The lowest BCUT2D eigenvalue weighted by atomic mass is 10.0. The second-order valence-electron chi connectivity index (χ2n) is 4.59. The van der Waals surface area contributed by atoms with Crippen LogP contribution in [0.1, 0.15) is 31.0 Å². The summed E-state index contributed by atoms with van der Waals surface area (Å²) in [6, 6.07) is 7.98. The van der Waals surface area contributed by atoms with Gasteiger partial charge in [-0.25, -0.2) is 4.79 Å². The number of carboxylic acid groups (broad SMARTS) is 1. The van der Waals surface area contributed by atoms with Crippen molar-refractivity contribution >= 4 is 5.97 Å². The summed E-state index contributed by atoms with van der Waals surface area (Å²) < 4.78 is 0. The highest BCUT2D eigenvalue weighted by atomic mass is 16.4. The molecule has 4 heteroatoms. The molecule has 0 amide bonds. The third-order valence-corrected chi connectivity index (χ3v) is 2.79. The van der Waals surface area contributed by atoms with Gasteiger partial charge < -0.3 is 15.5 Å². The minimum Gasteiger partial charge on any atom is -0.479 e. The van der Waals surface area contributed by atoms with Gasteiger partial charge in [0.1, 0.15) is 0 Å². The van der Waals surface area contributed by atoms with Crippen LogP contribution in [0.15, 0.2) is 24.3 Å². The summed E-state index contributed by atoms with van der Waals surface area (Å²) in [6.45, 7) is 5.24. The standard InChI is InChI=1S/C13H19NO3/c1-9-4-6-11(7-5-9)10(2)14-8-13(3,17)12(15)16/h4-7,10,14,17H,8H2,1-3H3,(H,15,16). The van der Waals surface area contributed by atoms with Crippen molar-refractivity contribution < 1.29 is 15.0 Å². The lowest BCUT2D eigenvalue weighted by molar-refractivity contribution is -0.156. The molecule has 0 saturated carbocycles. The Kier molecular flexibility index (Phi) is 4.26. The predicted molar refractivity (Wildman–Crippen MR) is 65.9 cm³/mol. The van der Waals surface area contributed by atoms with E-state index in [1.165, 1.54) is 12.5 Å². The van der Waals surface area contributed by atoms with Crippen molar-refractivity contribution in [3.8, 4) is 0 Å². The summed E-state index contributed by atoms with van der Waals surface area (Å²) in [5.41, 5.74) is 0.508. The number of aryl methyl sites for hydroxylation is 1. The average molecular weight is 237 g/mol. The van der Waals surface area contributed by atoms with Gasteiger partial charge in [-0.05, 0) is 26.3 Å². The highest BCUT2D eigenvalue weighted by molar-refractivity contribution is 5.76. The maximum atomic E-state index is 10.7. The Balaban J connectivity index is 2.58. The van der Waals surface area contributed by atoms with E-state index in [1.807, 2.05) is 38.1 Å². The third-order valence-electron chi connectivity index (χ3n) is 2.79. The van der Waals surface area contributed by atoms with Crippen molar-refractivity contribution in [2.24, 2.45) is 0 Å². The van der Waals surface area contributed by atoms with Crippen molar-refractivity contribution in [1.29, 1.82) is 0 Å². The van der Waals surface area contributed by atoms with E-state index in [4.69, 9.17) is 5.11 Å². The Morgan fingerprint density at radius 3 is 2.41 bits per heavy atom. The first kappa shape index (κ1) is 13.7. The minimum atomic E-state index is -1.74. The summed E-state index contributed by atoms with van der Waals surface area (Å²) in [5.74, 6) is -1.22. The van der Waals surface area contributed by atoms with E-state index in [0.29, 0.717) is 0 Å². The lowest BCUT2D eigenvalue weighted by Gasteiger charge is -2.22. The summed E-state index contributed by atoms with van der Waals surface area (Å²) in [5, 5.41) is 21.3. The fourth-order valence-electron chi connectivity index (χ4n) is 1.40. The fraction of sp³-hybridized carbons (Fsp3) is 0.462. The number of aliphatic hydroxyl groups is 1. The number of hydrogen-bond donors (Lipinski definition) is 3. The monoisotopic (exact) mass is 237 g/mol. The number of hydrogen-bond acceptors (Lipinski definition) is 3. The number of nitrogens with one attached hydrogen (secondary N) is 1. The minimum absolute atomic E-state index is 0.00132. The molecule has 0 aliphatic carbocycles. The second kappa shape index (κ2) is 5.29. The van der Waals surface area contributed by atoms with Crippen molar-refractivity contribution in [3.05, 3.63) is 35.4 Å². The Labute approximate surface area is 101 Å². The van der Waals surface area contributed by atoms with E-state index in [2.05, 4.69) is 5.32 Å². The Morgan fingerprint density at radius 2 is 1.94 bits per heavy atom. The van der Waals surface area contributed by atoms with Crippen molar-refractivity contribution in [1.82, 2.24) is 5.32 Å². The van der Waals surface area contributed by atoms with E-state index in [1.54, 1.807) is 0 Å². The van der Waals surface area contributed by atoms with Crippen LogP contribution in [0.2, 0.25) is 0 Å². The summed E-state index contributed by atoms with van der Waals surface area (Å²) in [7, 11) is 0. The van der Waals surface area contributed by atoms with Crippen LogP contribution >= 0.6 is 0 Å². The number of carbonyl (C=O) groups is 1.